The zero-order valence-electron chi connectivity index (χ0n) is 15.8. The van der Waals surface area contributed by atoms with E-state index in [1.807, 2.05) is 0 Å². The molecule has 1 aliphatic heterocycles. The summed E-state index contributed by atoms with van der Waals surface area (Å²) >= 11 is 0. The Bertz CT molecular complexity index is 620. The predicted molar refractivity (Wildman–Crippen MR) is 107 cm³/mol. The van der Waals surface area contributed by atoms with E-state index in [1.165, 1.54) is 55.5 Å². The lowest BCUT2D eigenvalue weighted by Gasteiger charge is -2.30. The normalized spacial score (nSPS) is 18.6. The minimum atomic E-state index is 0.719. The molecule has 3 rings (SSSR count). The summed E-state index contributed by atoms with van der Waals surface area (Å²) in [6.45, 7) is 4.64. The Morgan fingerprint density at radius 3 is 2.48 bits per heavy atom. The van der Waals surface area contributed by atoms with E-state index in [1.54, 1.807) is 0 Å². The molecule has 0 bridgehead atoms. The van der Waals surface area contributed by atoms with Crippen molar-refractivity contribution in [3.8, 4) is 0 Å². The van der Waals surface area contributed by atoms with Crippen molar-refractivity contribution in [1.82, 2.24) is 9.80 Å². The molecule has 0 radical (unpaired) electrons. The van der Waals surface area contributed by atoms with Gasteiger partial charge < -0.3 is 9.80 Å². The summed E-state index contributed by atoms with van der Waals surface area (Å²) in [6, 6.07) is 20.2. The Morgan fingerprint density at radius 2 is 1.76 bits per heavy atom. The van der Waals surface area contributed by atoms with Gasteiger partial charge in [-0.3, -0.25) is 0 Å². The van der Waals surface area contributed by atoms with Crippen LogP contribution in [0.5, 0.6) is 0 Å². The third-order valence-corrected chi connectivity index (χ3v) is 5.38. The first-order chi connectivity index (χ1) is 12.2. The number of likely N-dealkylation sites (N-methyl/N-ethyl adjacent to an activating group) is 1. The molecule has 2 aromatic carbocycles. The van der Waals surface area contributed by atoms with E-state index in [-0.39, 0.29) is 0 Å². The highest BCUT2D eigenvalue weighted by atomic mass is 15.1. The molecular weight excluding hydrogens is 304 g/mol. The van der Waals surface area contributed by atoms with E-state index in [9.17, 15) is 0 Å². The minimum Gasteiger partial charge on any atom is -0.306 e. The van der Waals surface area contributed by atoms with Crippen LogP contribution >= 0.6 is 0 Å². The molecule has 0 aliphatic carbocycles. The molecule has 0 aromatic heterocycles. The van der Waals surface area contributed by atoms with Crippen LogP contribution in [0.2, 0.25) is 0 Å². The van der Waals surface area contributed by atoms with Crippen molar-refractivity contribution in [2.45, 2.75) is 38.1 Å². The van der Waals surface area contributed by atoms with Crippen LogP contribution < -0.4 is 0 Å². The van der Waals surface area contributed by atoms with Gasteiger partial charge in [0.05, 0.1) is 0 Å². The first-order valence-electron chi connectivity index (χ1n) is 9.70. The van der Waals surface area contributed by atoms with Gasteiger partial charge in [0.1, 0.15) is 0 Å². The third-order valence-electron chi connectivity index (χ3n) is 5.38. The molecule has 0 spiro atoms. The van der Waals surface area contributed by atoms with Gasteiger partial charge in [-0.25, -0.2) is 0 Å². The summed E-state index contributed by atoms with van der Waals surface area (Å²) in [5.74, 6) is 0.719. The fourth-order valence-corrected chi connectivity index (χ4v) is 3.92. The first-order valence-corrected chi connectivity index (χ1v) is 9.70. The third kappa shape index (κ3) is 5.69. The lowest BCUT2D eigenvalue weighted by molar-refractivity contribution is 0.251. The van der Waals surface area contributed by atoms with E-state index in [4.69, 9.17) is 0 Å². The number of benzene rings is 2. The molecule has 134 valence electrons. The lowest BCUT2D eigenvalue weighted by Crippen LogP contribution is -2.30. The SMILES string of the molecule is CN(CCCc1ccccc1)Cc1ccc(C2CCCN(C)C2)cc1. The number of likely N-dealkylation sites (tertiary alicyclic amines) is 1. The van der Waals surface area contributed by atoms with Crippen molar-refractivity contribution in [2.75, 3.05) is 33.7 Å². The number of hydrogen-bond donors (Lipinski definition) is 0. The Hall–Kier alpha value is -1.64. The van der Waals surface area contributed by atoms with Crippen molar-refractivity contribution in [3.05, 3.63) is 71.3 Å². The second-order valence-corrected chi connectivity index (χ2v) is 7.67. The van der Waals surface area contributed by atoms with Crippen molar-refractivity contribution >= 4 is 0 Å². The average Bonchev–Trinajstić information content (AvgIpc) is 2.63. The zero-order valence-corrected chi connectivity index (χ0v) is 15.8. The summed E-state index contributed by atoms with van der Waals surface area (Å²) in [5.41, 5.74) is 4.38. The Labute approximate surface area is 153 Å². The van der Waals surface area contributed by atoms with E-state index >= 15 is 0 Å². The van der Waals surface area contributed by atoms with Gasteiger partial charge in [-0.2, -0.15) is 0 Å². The fraction of sp³-hybridized carbons (Fsp3) is 0.478. The van der Waals surface area contributed by atoms with Gasteiger partial charge >= 0.3 is 0 Å². The molecule has 1 saturated heterocycles. The van der Waals surface area contributed by atoms with Gasteiger partial charge in [-0.05, 0) is 75.5 Å². The number of aryl methyl sites for hydroxylation is 1. The minimum absolute atomic E-state index is 0.719. The summed E-state index contributed by atoms with van der Waals surface area (Å²) < 4.78 is 0. The standard InChI is InChI=1S/C23H32N2/c1-24(16-6-10-20-8-4-3-5-9-20)18-21-12-14-22(15-13-21)23-11-7-17-25(2)19-23/h3-5,8-9,12-15,23H,6-7,10-11,16-19H2,1-2H3. The molecule has 2 nitrogen and oxygen atoms in total. The summed E-state index contributed by atoms with van der Waals surface area (Å²) in [7, 11) is 4.47. The largest absolute Gasteiger partial charge is 0.306 e. The number of rotatable bonds is 7. The summed E-state index contributed by atoms with van der Waals surface area (Å²) in [6.07, 6.45) is 5.04. The van der Waals surface area contributed by atoms with Gasteiger partial charge in [0.2, 0.25) is 0 Å². The fourth-order valence-electron chi connectivity index (χ4n) is 3.92. The lowest BCUT2D eigenvalue weighted by atomic mass is 9.90. The van der Waals surface area contributed by atoms with Crippen molar-refractivity contribution < 1.29 is 0 Å². The van der Waals surface area contributed by atoms with Crippen molar-refractivity contribution in [1.29, 1.82) is 0 Å². The smallest absolute Gasteiger partial charge is 0.0230 e. The summed E-state index contributed by atoms with van der Waals surface area (Å²) in [5, 5.41) is 0. The quantitative estimate of drug-likeness (QED) is 0.731. The van der Waals surface area contributed by atoms with E-state index in [0.29, 0.717) is 0 Å². The topological polar surface area (TPSA) is 6.48 Å². The molecule has 0 N–H and O–H groups in total. The van der Waals surface area contributed by atoms with E-state index < -0.39 is 0 Å². The molecular formula is C23H32N2. The second-order valence-electron chi connectivity index (χ2n) is 7.67. The molecule has 0 saturated carbocycles. The van der Waals surface area contributed by atoms with Crippen molar-refractivity contribution in [3.63, 3.8) is 0 Å². The highest BCUT2D eigenvalue weighted by Gasteiger charge is 2.18. The van der Waals surface area contributed by atoms with Gasteiger partial charge in [-0.15, -0.1) is 0 Å². The first kappa shape index (κ1) is 18.2. The summed E-state index contributed by atoms with van der Waals surface area (Å²) in [4.78, 5) is 4.90. The van der Waals surface area contributed by atoms with Gasteiger partial charge in [0.25, 0.3) is 0 Å². The molecule has 1 unspecified atom stereocenters. The molecule has 1 atom stereocenters. The van der Waals surface area contributed by atoms with Crippen LogP contribution in [0.15, 0.2) is 54.6 Å². The maximum Gasteiger partial charge on any atom is 0.0230 e. The Kier molecular flexibility index (Phi) is 6.66. The Balaban J connectivity index is 1.44. The predicted octanol–water partition coefficient (Wildman–Crippen LogP) is 4.56. The maximum atomic E-state index is 2.46. The molecule has 1 heterocycles. The second kappa shape index (κ2) is 9.17. The average molecular weight is 337 g/mol. The van der Waals surface area contributed by atoms with Crippen LogP contribution in [0.1, 0.15) is 41.9 Å². The number of hydrogen-bond acceptors (Lipinski definition) is 2. The molecule has 0 amide bonds. The number of piperidine rings is 1. The molecule has 1 aliphatic rings. The molecule has 2 aromatic rings. The highest BCUT2D eigenvalue weighted by molar-refractivity contribution is 5.26. The van der Waals surface area contributed by atoms with Crippen LogP contribution in [0, 0.1) is 0 Å². The van der Waals surface area contributed by atoms with Crippen LogP contribution in [0.4, 0.5) is 0 Å². The van der Waals surface area contributed by atoms with Gasteiger partial charge in [0.15, 0.2) is 0 Å². The van der Waals surface area contributed by atoms with Crippen LogP contribution in [-0.4, -0.2) is 43.5 Å². The van der Waals surface area contributed by atoms with Crippen LogP contribution in [0.25, 0.3) is 0 Å². The molecule has 2 heteroatoms. The van der Waals surface area contributed by atoms with Gasteiger partial charge in [0, 0.05) is 13.1 Å². The van der Waals surface area contributed by atoms with Crippen molar-refractivity contribution in [2.24, 2.45) is 0 Å². The highest BCUT2D eigenvalue weighted by Crippen LogP contribution is 2.26. The zero-order chi connectivity index (χ0) is 17.5. The Morgan fingerprint density at radius 1 is 1.00 bits per heavy atom. The maximum absolute atomic E-state index is 2.46. The van der Waals surface area contributed by atoms with Gasteiger partial charge in [-0.1, -0.05) is 54.6 Å². The molecule has 25 heavy (non-hydrogen) atoms. The number of nitrogens with zero attached hydrogens (tertiary/aromatic N) is 2. The monoisotopic (exact) mass is 336 g/mol. The van der Waals surface area contributed by atoms with E-state index in [0.717, 1.165) is 19.0 Å². The van der Waals surface area contributed by atoms with Crippen LogP contribution in [0.3, 0.4) is 0 Å². The van der Waals surface area contributed by atoms with E-state index in [2.05, 4.69) is 78.5 Å². The van der Waals surface area contributed by atoms with Crippen LogP contribution in [-0.2, 0) is 13.0 Å². The molecule has 1 fully saturated rings.